The van der Waals surface area contributed by atoms with Crippen LogP contribution in [0.4, 0.5) is 0 Å². The minimum absolute atomic E-state index is 0. The van der Waals surface area contributed by atoms with Gasteiger partial charge in [0.05, 0.1) is 5.69 Å². The molecule has 0 aromatic carbocycles. The first-order chi connectivity index (χ1) is 8.90. The third-order valence-electron chi connectivity index (χ3n) is 3.92. The van der Waals surface area contributed by atoms with Gasteiger partial charge in [-0.25, -0.2) is 0 Å². The lowest BCUT2D eigenvalue weighted by molar-refractivity contribution is 0.187. The van der Waals surface area contributed by atoms with Crippen LogP contribution in [0.5, 0.6) is 0 Å². The summed E-state index contributed by atoms with van der Waals surface area (Å²) in [6.07, 6.45) is 4.77. The maximum absolute atomic E-state index is 4.66. The summed E-state index contributed by atoms with van der Waals surface area (Å²) < 4.78 is 1.95. The molecule has 1 saturated heterocycles. The molecule has 0 spiro atoms. The zero-order valence-electron chi connectivity index (χ0n) is 13.4. The normalized spacial score (nSPS) is 20.8. The molecule has 1 fully saturated rings. The minimum atomic E-state index is 0. The van der Waals surface area contributed by atoms with E-state index in [0.29, 0.717) is 6.04 Å². The van der Waals surface area contributed by atoms with Crippen LogP contribution in [0, 0.1) is 0 Å². The molecule has 0 saturated carbocycles. The van der Waals surface area contributed by atoms with Gasteiger partial charge in [0, 0.05) is 43.4 Å². The molecule has 2 heterocycles. The van der Waals surface area contributed by atoms with Crippen molar-refractivity contribution < 1.29 is 0 Å². The highest BCUT2D eigenvalue weighted by Crippen LogP contribution is 2.25. The predicted molar refractivity (Wildman–Crippen MR) is 86.5 cm³/mol. The lowest BCUT2D eigenvalue weighted by Gasteiger charge is -2.32. The monoisotopic (exact) mass is 300 g/mol. The number of halogens is 1. The summed E-state index contributed by atoms with van der Waals surface area (Å²) in [5.74, 6) is 0. The molecule has 1 aliphatic heterocycles. The Morgan fingerprint density at radius 1 is 1.40 bits per heavy atom. The quantitative estimate of drug-likeness (QED) is 0.930. The van der Waals surface area contributed by atoms with Gasteiger partial charge >= 0.3 is 0 Å². The molecule has 5 heteroatoms. The number of hydrogen-bond acceptors (Lipinski definition) is 3. The van der Waals surface area contributed by atoms with Crippen molar-refractivity contribution >= 4 is 12.4 Å². The Kier molecular flexibility index (Phi) is 6.05. The number of hydrogen-bond donors (Lipinski definition) is 1. The Hall–Kier alpha value is -0.580. The smallest absolute Gasteiger partial charge is 0.0722 e. The van der Waals surface area contributed by atoms with Crippen LogP contribution in [0.25, 0.3) is 0 Å². The largest absolute Gasteiger partial charge is 0.316 e. The molecule has 1 aliphatic rings. The molecule has 1 aromatic heterocycles. The molecule has 1 N–H and O–H groups in total. The summed E-state index contributed by atoms with van der Waals surface area (Å²) in [6, 6.07) is 0.642. The Labute approximate surface area is 129 Å². The average Bonchev–Trinajstić information content (AvgIpc) is 2.70. The van der Waals surface area contributed by atoms with E-state index in [1.807, 2.05) is 11.7 Å². The zero-order chi connectivity index (χ0) is 14.0. The molecule has 1 aromatic rings. The van der Waals surface area contributed by atoms with Crippen molar-refractivity contribution in [1.82, 2.24) is 20.0 Å². The lowest BCUT2D eigenvalue weighted by Crippen LogP contribution is -2.44. The van der Waals surface area contributed by atoms with Crippen molar-refractivity contribution in [3.63, 3.8) is 0 Å². The van der Waals surface area contributed by atoms with Gasteiger partial charge in [-0.15, -0.1) is 12.4 Å². The van der Waals surface area contributed by atoms with Crippen molar-refractivity contribution in [1.29, 1.82) is 0 Å². The van der Waals surface area contributed by atoms with E-state index < -0.39 is 0 Å². The van der Waals surface area contributed by atoms with Crippen LogP contribution in [-0.4, -0.2) is 40.9 Å². The third kappa shape index (κ3) is 4.21. The van der Waals surface area contributed by atoms with Gasteiger partial charge in [-0.05, 0) is 26.4 Å². The van der Waals surface area contributed by atoms with Crippen LogP contribution in [0.15, 0.2) is 6.20 Å². The van der Waals surface area contributed by atoms with Gasteiger partial charge in [-0.1, -0.05) is 20.8 Å². The van der Waals surface area contributed by atoms with Crippen LogP contribution >= 0.6 is 12.4 Å². The van der Waals surface area contributed by atoms with Gasteiger partial charge in [0.1, 0.15) is 0 Å². The van der Waals surface area contributed by atoms with Crippen molar-refractivity contribution in [3.05, 3.63) is 17.5 Å². The molecule has 1 unspecified atom stereocenters. The van der Waals surface area contributed by atoms with Gasteiger partial charge in [0.15, 0.2) is 0 Å². The number of likely N-dealkylation sites (N-methyl/N-ethyl adjacent to an activating group) is 1. The fourth-order valence-corrected chi connectivity index (χ4v) is 2.96. The van der Waals surface area contributed by atoms with E-state index >= 15 is 0 Å². The Balaban J connectivity index is 0.00000200. The maximum atomic E-state index is 4.66. The van der Waals surface area contributed by atoms with Crippen LogP contribution in [0.3, 0.4) is 0 Å². The molecule has 116 valence electrons. The first kappa shape index (κ1) is 17.5. The Bertz CT molecular complexity index is 422. The lowest BCUT2D eigenvalue weighted by atomic mass is 9.89. The van der Waals surface area contributed by atoms with E-state index in [1.165, 1.54) is 30.6 Å². The van der Waals surface area contributed by atoms with E-state index in [1.54, 1.807) is 0 Å². The molecule has 0 bridgehead atoms. The molecule has 1 atom stereocenters. The van der Waals surface area contributed by atoms with Crippen molar-refractivity contribution in [2.45, 2.75) is 51.6 Å². The number of aromatic nitrogens is 2. The number of piperidine rings is 1. The van der Waals surface area contributed by atoms with Crippen molar-refractivity contribution in [2.24, 2.45) is 7.05 Å². The van der Waals surface area contributed by atoms with Crippen LogP contribution in [-0.2, 0) is 19.0 Å². The summed E-state index contributed by atoms with van der Waals surface area (Å²) in [5.41, 5.74) is 2.74. The van der Waals surface area contributed by atoms with E-state index in [9.17, 15) is 0 Å². The molecule has 20 heavy (non-hydrogen) atoms. The fourth-order valence-electron chi connectivity index (χ4n) is 2.96. The number of rotatable bonds is 3. The van der Waals surface area contributed by atoms with E-state index in [2.05, 4.69) is 49.3 Å². The number of aryl methyl sites for hydroxylation is 1. The topological polar surface area (TPSA) is 33.1 Å². The second kappa shape index (κ2) is 6.92. The zero-order valence-corrected chi connectivity index (χ0v) is 14.3. The van der Waals surface area contributed by atoms with Crippen LogP contribution in [0.2, 0.25) is 0 Å². The second-order valence-electron chi connectivity index (χ2n) is 6.79. The highest BCUT2D eigenvalue weighted by atomic mass is 35.5. The molecular weight excluding hydrogens is 272 g/mol. The van der Waals surface area contributed by atoms with E-state index in [0.717, 1.165) is 13.1 Å². The minimum Gasteiger partial charge on any atom is -0.316 e. The maximum Gasteiger partial charge on any atom is 0.0722 e. The SMILES string of the molecule is CNC1CCCN(Cc2cn(C)nc2C(C)(C)C)C1.Cl. The van der Waals surface area contributed by atoms with E-state index in [-0.39, 0.29) is 17.8 Å². The summed E-state index contributed by atoms with van der Waals surface area (Å²) >= 11 is 0. The van der Waals surface area contributed by atoms with Gasteiger partial charge in [0.25, 0.3) is 0 Å². The first-order valence-corrected chi connectivity index (χ1v) is 7.33. The van der Waals surface area contributed by atoms with Crippen LogP contribution < -0.4 is 5.32 Å². The van der Waals surface area contributed by atoms with Crippen LogP contribution in [0.1, 0.15) is 44.9 Å². The number of likely N-dealkylation sites (tertiary alicyclic amines) is 1. The predicted octanol–water partition coefficient (Wildman–Crippen LogP) is 2.32. The second-order valence-corrected chi connectivity index (χ2v) is 6.79. The molecule has 2 rings (SSSR count). The van der Waals surface area contributed by atoms with Crippen molar-refractivity contribution in [2.75, 3.05) is 20.1 Å². The number of nitrogens with one attached hydrogen (secondary N) is 1. The molecule has 0 amide bonds. The third-order valence-corrected chi connectivity index (χ3v) is 3.92. The Morgan fingerprint density at radius 3 is 2.70 bits per heavy atom. The summed E-state index contributed by atoms with van der Waals surface area (Å²) in [5, 5.41) is 8.07. The summed E-state index contributed by atoms with van der Waals surface area (Å²) in [4.78, 5) is 2.55. The highest BCUT2D eigenvalue weighted by Gasteiger charge is 2.25. The van der Waals surface area contributed by atoms with Gasteiger partial charge in [-0.3, -0.25) is 9.58 Å². The molecular formula is C15H29ClN4. The standard InChI is InChI=1S/C15H28N4.ClH/c1-15(2,3)14-12(9-18(5)17-14)10-19-8-6-7-13(11-19)16-4;/h9,13,16H,6-8,10-11H2,1-5H3;1H. The summed E-state index contributed by atoms with van der Waals surface area (Å²) in [7, 11) is 4.09. The van der Waals surface area contributed by atoms with Gasteiger partial charge in [0.2, 0.25) is 0 Å². The highest BCUT2D eigenvalue weighted by molar-refractivity contribution is 5.85. The molecule has 4 nitrogen and oxygen atoms in total. The first-order valence-electron chi connectivity index (χ1n) is 7.33. The van der Waals surface area contributed by atoms with Crippen molar-refractivity contribution in [3.8, 4) is 0 Å². The summed E-state index contributed by atoms with van der Waals surface area (Å²) in [6.45, 7) is 10.1. The fraction of sp³-hybridized carbons (Fsp3) is 0.800. The molecule has 0 radical (unpaired) electrons. The Morgan fingerprint density at radius 2 is 2.10 bits per heavy atom. The van der Waals surface area contributed by atoms with E-state index in [4.69, 9.17) is 0 Å². The van der Waals surface area contributed by atoms with Gasteiger partial charge in [-0.2, -0.15) is 5.10 Å². The number of nitrogens with zero attached hydrogens (tertiary/aromatic N) is 3. The average molecular weight is 301 g/mol. The van der Waals surface area contributed by atoms with Gasteiger partial charge < -0.3 is 5.32 Å². The molecule has 0 aliphatic carbocycles.